The smallest absolute Gasteiger partial charge is 0.325 e. The standard InChI is InChI=1S/C11H11ClN2O6/c1-19-11(16)5-13-10(15)6-20-9-3-2-7(14(17)18)4-8(9)12/h2-4H,5-6H2,1H3,(H,13,15). The number of carbonyl (C=O) groups is 2. The second kappa shape index (κ2) is 7.29. The van der Waals surface area contributed by atoms with E-state index in [9.17, 15) is 19.7 Å². The number of non-ortho nitro benzene ring substituents is 1. The Balaban J connectivity index is 2.51. The molecule has 0 fully saturated rings. The maximum absolute atomic E-state index is 11.3. The van der Waals surface area contributed by atoms with E-state index in [0.717, 1.165) is 6.07 Å². The van der Waals surface area contributed by atoms with Crippen LogP contribution in [0, 0.1) is 10.1 Å². The predicted molar refractivity (Wildman–Crippen MR) is 68.6 cm³/mol. The first-order valence-electron chi connectivity index (χ1n) is 5.34. The number of rotatable bonds is 6. The quantitative estimate of drug-likeness (QED) is 0.475. The molecule has 1 aromatic rings. The molecule has 1 aromatic carbocycles. The van der Waals surface area contributed by atoms with Crippen LogP contribution in [-0.4, -0.2) is 37.1 Å². The van der Waals surface area contributed by atoms with Crippen molar-refractivity contribution in [1.29, 1.82) is 0 Å². The fourth-order valence-corrected chi connectivity index (χ4v) is 1.39. The van der Waals surface area contributed by atoms with Gasteiger partial charge in [-0.15, -0.1) is 0 Å². The molecule has 0 radical (unpaired) electrons. The SMILES string of the molecule is COC(=O)CNC(=O)COc1ccc([N+](=O)[O-])cc1Cl. The van der Waals surface area contributed by atoms with Crippen molar-refractivity contribution in [3.05, 3.63) is 33.3 Å². The lowest BCUT2D eigenvalue weighted by molar-refractivity contribution is -0.384. The summed E-state index contributed by atoms with van der Waals surface area (Å²) in [7, 11) is 1.20. The van der Waals surface area contributed by atoms with Crippen LogP contribution >= 0.6 is 11.6 Å². The van der Waals surface area contributed by atoms with Crippen LogP contribution in [0.4, 0.5) is 5.69 Å². The third-order valence-corrected chi connectivity index (χ3v) is 2.44. The summed E-state index contributed by atoms with van der Waals surface area (Å²) in [6, 6.07) is 3.60. The van der Waals surface area contributed by atoms with E-state index in [4.69, 9.17) is 16.3 Å². The third-order valence-electron chi connectivity index (χ3n) is 2.14. The molecule has 0 saturated carbocycles. The highest BCUT2D eigenvalue weighted by Crippen LogP contribution is 2.28. The minimum atomic E-state index is -0.598. The number of methoxy groups -OCH3 is 1. The number of hydrogen-bond donors (Lipinski definition) is 1. The van der Waals surface area contributed by atoms with Crippen molar-refractivity contribution in [3.63, 3.8) is 0 Å². The monoisotopic (exact) mass is 302 g/mol. The topological polar surface area (TPSA) is 108 Å². The van der Waals surface area contributed by atoms with Gasteiger partial charge in [-0.25, -0.2) is 0 Å². The van der Waals surface area contributed by atoms with Crippen molar-refractivity contribution in [3.8, 4) is 5.75 Å². The Kier molecular flexibility index (Phi) is 5.73. The Bertz CT molecular complexity index is 534. The number of benzene rings is 1. The predicted octanol–water partition coefficient (Wildman–Crippen LogP) is 0.916. The molecule has 8 nitrogen and oxygen atoms in total. The van der Waals surface area contributed by atoms with E-state index in [1.807, 2.05) is 0 Å². The van der Waals surface area contributed by atoms with Gasteiger partial charge in [0.25, 0.3) is 11.6 Å². The van der Waals surface area contributed by atoms with Gasteiger partial charge < -0.3 is 14.8 Å². The average molecular weight is 303 g/mol. The van der Waals surface area contributed by atoms with Gasteiger partial charge in [-0.1, -0.05) is 11.6 Å². The lowest BCUT2D eigenvalue weighted by Gasteiger charge is -2.08. The molecule has 0 aliphatic carbocycles. The molecular formula is C11H11ClN2O6. The van der Waals surface area contributed by atoms with E-state index in [1.165, 1.54) is 19.2 Å². The second-order valence-electron chi connectivity index (χ2n) is 3.51. The number of hydrogen-bond acceptors (Lipinski definition) is 6. The largest absolute Gasteiger partial charge is 0.482 e. The number of nitrogens with zero attached hydrogens (tertiary/aromatic N) is 1. The molecule has 0 aromatic heterocycles. The molecule has 20 heavy (non-hydrogen) atoms. The molecule has 0 aliphatic rings. The van der Waals surface area contributed by atoms with Crippen LogP contribution in [0.25, 0.3) is 0 Å². The van der Waals surface area contributed by atoms with Crippen molar-refractivity contribution in [1.82, 2.24) is 5.32 Å². The van der Waals surface area contributed by atoms with E-state index in [2.05, 4.69) is 10.1 Å². The Morgan fingerprint density at radius 2 is 2.15 bits per heavy atom. The van der Waals surface area contributed by atoms with Crippen molar-refractivity contribution < 1.29 is 24.0 Å². The second-order valence-corrected chi connectivity index (χ2v) is 3.92. The Morgan fingerprint density at radius 1 is 1.45 bits per heavy atom. The maximum Gasteiger partial charge on any atom is 0.325 e. The van der Waals surface area contributed by atoms with E-state index in [0.29, 0.717) is 0 Å². The fourth-order valence-electron chi connectivity index (χ4n) is 1.16. The molecule has 1 rings (SSSR count). The lowest BCUT2D eigenvalue weighted by Crippen LogP contribution is -2.33. The average Bonchev–Trinajstić information content (AvgIpc) is 2.43. The molecule has 0 saturated heterocycles. The van der Waals surface area contributed by atoms with Crippen LogP contribution in [0.5, 0.6) is 5.75 Å². The van der Waals surface area contributed by atoms with Gasteiger partial charge in [0.1, 0.15) is 12.3 Å². The summed E-state index contributed by atoms with van der Waals surface area (Å²) in [4.78, 5) is 32.0. The van der Waals surface area contributed by atoms with Crippen LogP contribution in [0.1, 0.15) is 0 Å². The number of nitrogens with one attached hydrogen (secondary N) is 1. The summed E-state index contributed by atoms with van der Waals surface area (Å²) in [5, 5.41) is 12.8. The summed E-state index contributed by atoms with van der Waals surface area (Å²) < 4.78 is 9.42. The van der Waals surface area contributed by atoms with E-state index < -0.39 is 16.8 Å². The van der Waals surface area contributed by atoms with Crippen molar-refractivity contribution in [2.24, 2.45) is 0 Å². The zero-order chi connectivity index (χ0) is 15.1. The highest BCUT2D eigenvalue weighted by atomic mass is 35.5. The maximum atomic E-state index is 11.3. The number of amides is 1. The van der Waals surface area contributed by atoms with Gasteiger partial charge in [-0.05, 0) is 6.07 Å². The Labute approximate surface area is 118 Å². The summed E-state index contributed by atoms with van der Waals surface area (Å²) in [5.41, 5.74) is -0.183. The number of nitro benzene ring substituents is 1. The molecule has 0 bridgehead atoms. The number of halogens is 1. The highest BCUT2D eigenvalue weighted by Gasteiger charge is 2.12. The van der Waals surface area contributed by atoms with Crippen LogP contribution in [0.15, 0.2) is 18.2 Å². The van der Waals surface area contributed by atoms with Crippen LogP contribution in [0.3, 0.4) is 0 Å². The van der Waals surface area contributed by atoms with Gasteiger partial charge in [0.2, 0.25) is 0 Å². The van der Waals surface area contributed by atoms with Crippen molar-refractivity contribution in [2.45, 2.75) is 0 Å². The van der Waals surface area contributed by atoms with Gasteiger partial charge in [0.15, 0.2) is 6.61 Å². The van der Waals surface area contributed by atoms with E-state index in [1.54, 1.807) is 0 Å². The lowest BCUT2D eigenvalue weighted by atomic mass is 10.3. The molecule has 1 N–H and O–H groups in total. The van der Waals surface area contributed by atoms with Gasteiger partial charge in [0, 0.05) is 12.1 Å². The molecule has 0 atom stereocenters. The number of carbonyl (C=O) groups excluding carboxylic acids is 2. The number of esters is 1. The molecule has 9 heteroatoms. The zero-order valence-electron chi connectivity index (χ0n) is 10.4. The minimum absolute atomic E-state index is 0.0139. The molecule has 0 unspecified atom stereocenters. The first-order chi connectivity index (χ1) is 9.43. The summed E-state index contributed by atoms with van der Waals surface area (Å²) in [5.74, 6) is -1.01. The van der Waals surface area contributed by atoms with Crippen LogP contribution in [0.2, 0.25) is 5.02 Å². The molecule has 1 amide bonds. The van der Waals surface area contributed by atoms with Gasteiger partial charge in [-0.2, -0.15) is 0 Å². The Morgan fingerprint density at radius 3 is 2.70 bits per heavy atom. The van der Waals surface area contributed by atoms with E-state index >= 15 is 0 Å². The summed E-state index contributed by atoms with van der Waals surface area (Å²) in [6.45, 7) is -0.652. The van der Waals surface area contributed by atoms with Crippen molar-refractivity contribution in [2.75, 3.05) is 20.3 Å². The molecular weight excluding hydrogens is 292 g/mol. The molecule has 0 heterocycles. The zero-order valence-corrected chi connectivity index (χ0v) is 11.2. The number of nitro groups is 1. The summed E-state index contributed by atoms with van der Waals surface area (Å²) in [6.07, 6.45) is 0. The third kappa shape index (κ3) is 4.73. The first kappa shape index (κ1) is 15.7. The van der Waals surface area contributed by atoms with E-state index in [-0.39, 0.29) is 29.6 Å². The minimum Gasteiger partial charge on any atom is -0.482 e. The normalized spacial score (nSPS) is 9.70. The fraction of sp³-hybridized carbons (Fsp3) is 0.273. The highest BCUT2D eigenvalue weighted by molar-refractivity contribution is 6.32. The molecule has 108 valence electrons. The van der Waals surface area contributed by atoms with Gasteiger partial charge >= 0.3 is 5.97 Å². The van der Waals surface area contributed by atoms with Gasteiger partial charge in [-0.3, -0.25) is 19.7 Å². The van der Waals surface area contributed by atoms with Gasteiger partial charge in [0.05, 0.1) is 17.1 Å². The first-order valence-corrected chi connectivity index (χ1v) is 5.72. The summed E-state index contributed by atoms with van der Waals surface area (Å²) >= 11 is 5.77. The van der Waals surface area contributed by atoms with Crippen molar-refractivity contribution >= 4 is 29.2 Å². The molecule has 0 aliphatic heterocycles. The number of ether oxygens (including phenoxy) is 2. The van der Waals surface area contributed by atoms with Crippen LogP contribution < -0.4 is 10.1 Å². The molecule has 0 spiro atoms. The Hall–Kier alpha value is -2.35. The van der Waals surface area contributed by atoms with Crippen LogP contribution in [-0.2, 0) is 14.3 Å².